The molecule has 1 aromatic carbocycles. The second-order valence-corrected chi connectivity index (χ2v) is 10.0. The molecule has 9 nitrogen and oxygen atoms in total. The topological polar surface area (TPSA) is 101 Å². The van der Waals surface area contributed by atoms with Gasteiger partial charge in [0.25, 0.3) is 0 Å². The van der Waals surface area contributed by atoms with E-state index in [4.69, 9.17) is 27.9 Å². The van der Waals surface area contributed by atoms with Gasteiger partial charge in [0.05, 0.1) is 34.2 Å². The Bertz CT molecular complexity index is 1570. The first-order valence-corrected chi connectivity index (χ1v) is 12.8. The number of carboxylic acid groups (broad SMARTS) is 1. The molecule has 1 N–H and O–H groups in total. The third-order valence-electron chi connectivity index (χ3n) is 6.59. The fourth-order valence-corrected chi connectivity index (χ4v) is 5.13. The second kappa shape index (κ2) is 10.5. The monoisotopic (exact) mass is 553 g/mol. The summed E-state index contributed by atoms with van der Waals surface area (Å²) in [6.45, 7) is 1.09. The summed E-state index contributed by atoms with van der Waals surface area (Å²) < 4.78 is 7.59. The number of carbonyl (C=O) groups is 1. The maximum atomic E-state index is 13.1. The molecule has 4 heterocycles. The largest absolute Gasteiger partial charge is 0.477 e. The average Bonchev–Trinajstić information content (AvgIpc) is 3.36. The van der Waals surface area contributed by atoms with E-state index in [0.29, 0.717) is 33.7 Å². The van der Waals surface area contributed by atoms with Crippen molar-refractivity contribution in [1.82, 2.24) is 14.5 Å². The van der Waals surface area contributed by atoms with Crippen molar-refractivity contribution >= 4 is 51.6 Å². The van der Waals surface area contributed by atoms with Crippen LogP contribution in [0.1, 0.15) is 23.2 Å². The van der Waals surface area contributed by atoms with Gasteiger partial charge in [0.2, 0.25) is 11.3 Å². The number of halogens is 2. The summed E-state index contributed by atoms with van der Waals surface area (Å²) in [7, 11) is 3.76. The minimum absolute atomic E-state index is 0.00234. The van der Waals surface area contributed by atoms with Crippen molar-refractivity contribution < 1.29 is 14.6 Å². The summed E-state index contributed by atoms with van der Waals surface area (Å²) in [5, 5.41) is 10.7. The van der Waals surface area contributed by atoms with Crippen LogP contribution in [0, 0.1) is 0 Å². The van der Waals surface area contributed by atoms with E-state index in [2.05, 4.69) is 14.9 Å². The Kier molecular flexibility index (Phi) is 7.14. The molecule has 0 spiro atoms. The predicted octanol–water partition coefficient (Wildman–Crippen LogP) is 4.90. The highest BCUT2D eigenvalue weighted by molar-refractivity contribution is 6.34. The predicted molar refractivity (Wildman–Crippen MR) is 149 cm³/mol. The van der Waals surface area contributed by atoms with Gasteiger partial charge in [-0.3, -0.25) is 4.79 Å². The summed E-state index contributed by atoms with van der Waals surface area (Å²) in [5.41, 5.74) is 0.922. The van der Waals surface area contributed by atoms with Gasteiger partial charge in [-0.2, -0.15) is 0 Å². The molecule has 0 unspecified atom stereocenters. The number of benzene rings is 1. The Morgan fingerprint density at radius 2 is 2.00 bits per heavy atom. The zero-order valence-electron chi connectivity index (χ0n) is 20.8. The van der Waals surface area contributed by atoms with Crippen molar-refractivity contribution in [2.24, 2.45) is 0 Å². The van der Waals surface area contributed by atoms with E-state index in [1.165, 1.54) is 6.20 Å². The van der Waals surface area contributed by atoms with Crippen molar-refractivity contribution in [2.45, 2.75) is 18.9 Å². The molecule has 3 aromatic heterocycles. The number of aromatic carboxylic acids is 1. The molecule has 1 aliphatic rings. The molecular formula is C27H25Cl2N5O4. The first-order valence-electron chi connectivity index (χ1n) is 12.0. The summed E-state index contributed by atoms with van der Waals surface area (Å²) in [5.74, 6) is -0.197. The molecule has 0 radical (unpaired) electrons. The van der Waals surface area contributed by atoms with E-state index in [9.17, 15) is 14.7 Å². The van der Waals surface area contributed by atoms with Gasteiger partial charge in [-0.15, -0.1) is 0 Å². The van der Waals surface area contributed by atoms with E-state index in [0.717, 1.165) is 30.9 Å². The fraction of sp³-hybridized carbons (Fsp3) is 0.259. The number of hydrogen-bond donors (Lipinski definition) is 1. The van der Waals surface area contributed by atoms with E-state index in [1.807, 2.05) is 37.2 Å². The number of pyridine rings is 3. The first kappa shape index (κ1) is 25.8. The van der Waals surface area contributed by atoms with Crippen molar-refractivity contribution in [3.63, 3.8) is 0 Å². The van der Waals surface area contributed by atoms with Gasteiger partial charge in [-0.25, -0.2) is 14.8 Å². The molecule has 1 aliphatic heterocycles. The van der Waals surface area contributed by atoms with Crippen LogP contribution in [0.5, 0.6) is 5.88 Å². The van der Waals surface area contributed by atoms with Crippen LogP contribution in [-0.4, -0.2) is 58.9 Å². The van der Waals surface area contributed by atoms with Gasteiger partial charge in [0.15, 0.2) is 0 Å². The number of anilines is 2. The molecule has 1 fully saturated rings. The summed E-state index contributed by atoms with van der Waals surface area (Å²) >= 11 is 12.9. The van der Waals surface area contributed by atoms with Gasteiger partial charge >= 0.3 is 5.97 Å². The molecule has 1 saturated heterocycles. The molecule has 0 aliphatic carbocycles. The molecule has 4 aromatic rings. The Labute approximate surface area is 228 Å². The molecule has 1 atom stereocenters. The lowest BCUT2D eigenvalue weighted by Crippen LogP contribution is -2.34. The summed E-state index contributed by atoms with van der Waals surface area (Å²) in [6.07, 6.45) is 6.41. The van der Waals surface area contributed by atoms with Gasteiger partial charge < -0.3 is 24.2 Å². The summed E-state index contributed by atoms with van der Waals surface area (Å²) in [6, 6.07) is 10.5. The average molecular weight is 554 g/mol. The van der Waals surface area contributed by atoms with Crippen LogP contribution < -0.4 is 20.0 Å². The Morgan fingerprint density at radius 3 is 2.68 bits per heavy atom. The second-order valence-electron chi connectivity index (χ2n) is 9.23. The number of aromatic nitrogens is 3. The SMILES string of the molecule is CN(C)c1ccc(-n2cc(C(=O)O)c(=O)c3cc(Cl)c(N4CCC[C@@H]4COc4ncccc4Cl)cc32)cn1. The van der Waals surface area contributed by atoms with E-state index < -0.39 is 11.4 Å². The standard InChI is InChI=1S/C27H25Cl2N5O4/c1-32(2)24-8-7-16(13-31-24)34-14-19(27(36)37)25(35)18-11-21(29)23(12-22(18)34)33-10-4-5-17(33)15-38-26-20(28)6-3-9-30-26/h3,6-9,11-14,17H,4-5,10,15H2,1-2H3,(H,36,37)/t17-/m1/s1. The highest BCUT2D eigenvalue weighted by atomic mass is 35.5. The molecular weight excluding hydrogens is 529 g/mol. The third-order valence-corrected chi connectivity index (χ3v) is 7.19. The van der Waals surface area contributed by atoms with Crippen LogP contribution in [0.15, 0.2) is 59.8 Å². The molecule has 38 heavy (non-hydrogen) atoms. The Balaban J connectivity index is 1.59. The van der Waals surface area contributed by atoms with Crippen LogP contribution in [0.3, 0.4) is 0 Å². The maximum Gasteiger partial charge on any atom is 0.341 e. The number of ether oxygens (including phenoxy) is 1. The zero-order chi connectivity index (χ0) is 27.0. The van der Waals surface area contributed by atoms with Crippen LogP contribution in [0.2, 0.25) is 10.0 Å². The van der Waals surface area contributed by atoms with E-state index >= 15 is 0 Å². The van der Waals surface area contributed by atoms with Crippen molar-refractivity contribution in [3.05, 3.63) is 80.8 Å². The van der Waals surface area contributed by atoms with Crippen molar-refractivity contribution in [3.8, 4) is 11.6 Å². The summed E-state index contributed by atoms with van der Waals surface area (Å²) in [4.78, 5) is 37.7. The third kappa shape index (κ3) is 4.87. The fourth-order valence-electron chi connectivity index (χ4n) is 4.68. The highest BCUT2D eigenvalue weighted by Gasteiger charge is 2.28. The normalized spacial score (nSPS) is 15.2. The van der Waals surface area contributed by atoms with Crippen molar-refractivity contribution in [1.29, 1.82) is 0 Å². The van der Waals surface area contributed by atoms with Gasteiger partial charge in [0, 0.05) is 38.4 Å². The molecule has 5 rings (SSSR count). The van der Waals surface area contributed by atoms with Gasteiger partial charge in [-0.05, 0) is 49.2 Å². The molecule has 0 saturated carbocycles. The lowest BCUT2D eigenvalue weighted by molar-refractivity contribution is 0.0695. The number of rotatable bonds is 7. The lowest BCUT2D eigenvalue weighted by Gasteiger charge is -2.28. The minimum Gasteiger partial charge on any atom is -0.477 e. The maximum absolute atomic E-state index is 13.1. The van der Waals surface area contributed by atoms with Crippen LogP contribution in [-0.2, 0) is 0 Å². The van der Waals surface area contributed by atoms with Gasteiger partial charge in [-0.1, -0.05) is 23.2 Å². The molecule has 196 valence electrons. The smallest absolute Gasteiger partial charge is 0.341 e. The van der Waals surface area contributed by atoms with Crippen LogP contribution in [0.4, 0.5) is 11.5 Å². The van der Waals surface area contributed by atoms with Crippen LogP contribution >= 0.6 is 23.2 Å². The van der Waals surface area contributed by atoms with Gasteiger partial charge in [0.1, 0.15) is 23.0 Å². The lowest BCUT2D eigenvalue weighted by atomic mass is 10.1. The van der Waals surface area contributed by atoms with E-state index in [-0.39, 0.29) is 17.0 Å². The van der Waals surface area contributed by atoms with E-state index in [1.54, 1.807) is 35.2 Å². The number of nitrogens with zero attached hydrogens (tertiary/aromatic N) is 5. The quantitative estimate of drug-likeness (QED) is 0.345. The minimum atomic E-state index is -1.31. The van der Waals surface area contributed by atoms with Crippen molar-refractivity contribution in [2.75, 3.05) is 37.0 Å². The number of hydrogen-bond acceptors (Lipinski definition) is 7. The molecule has 0 bridgehead atoms. The molecule has 11 heteroatoms. The Hall–Kier alpha value is -3.82. The first-order chi connectivity index (χ1) is 18.2. The molecule has 0 amide bonds. The van der Waals surface area contributed by atoms with Crippen LogP contribution in [0.25, 0.3) is 16.6 Å². The highest BCUT2D eigenvalue weighted by Crippen LogP contribution is 2.36. The Morgan fingerprint density at radius 1 is 1.18 bits per heavy atom. The zero-order valence-corrected chi connectivity index (χ0v) is 22.3. The number of carboxylic acids is 1. The number of fused-ring (bicyclic) bond motifs is 1.